The van der Waals surface area contributed by atoms with E-state index in [0.29, 0.717) is 34.6 Å². The van der Waals surface area contributed by atoms with Crippen molar-refractivity contribution in [2.24, 2.45) is 0 Å². The molecule has 0 radical (unpaired) electrons. The van der Waals surface area contributed by atoms with E-state index in [4.69, 9.17) is 11.6 Å². The molecule has 1 amide bonds. The Morgan fingerprint density at radius 1 is 1.14 bits per heavy atom. The lowest BCUT2D eigenvalue weighted by Gasteiger charge is -2.24. The van der Waals surface area contributed by atoms with Gasteiger partial charge in [0.25, 0.3) is 5.91 Å². The Morgan fingerprint density at radius 3 is 2.79 bits per heavy atom. The summed E-state index contributed by atoms with van der Waals surface area (Å²) in [7, 11) is 0. The van der Waals surface area contributed by atoms with Gasteiger partial charge in [0.2, 0.25) is 5.88 Å². The number of halogens is 1. The summed E-state index contributed by atoms with van der Waals surface area (Å²) in [6.45, 7) is 0.491. The summed E-state index contributed by atoms with van der Waals surface area (Å²) in [4.78, 5) is 23.3. The Morgan fingerprint density at radius 2 is 2.00 bits per heavy atom. The van der Waals surface area contributed by atoms with Crippen LogP contribution in [0.15, 0.2) is 42.5 Å². The van der Waals surface area contributed by atoms with E-state index in [1.54, 1.807) is 23.1 Å². The topological polar surface area (TPSA) is 86.5 Å². The highest BCUT2D eigenvalue weighted by molar-refractivity contribution is 6.30. The van der Waals surface area contributed by atoms with Crippen LogP contribution >= 0.6 is 11.6 Å². The fourth-order valence-corrected chi connectivity index (χ4v) is 3.93. The van der Waals surface area contributed by atoms with Crippen molar-refractivity contribution in [3.8, 4) is 5.88 Å². The van der Waals surface area contributed by atoms with Crippen molar-refractivity contribution in [3.05, 3.63) is 64.3 Å². The first kappa shape index (κ1) is 18.7. The number of likely N-dealkylation sites (tertiary alicyclic amines) is 1. The molecule has 1 saturated heterocycles. The fraction of sp³-hybridized carbons (Fsp3) is 0.286. The number of aliphatic hydroxyl groups excluding tert-OH is 1. The molecule has 6 nitrogen and oxygen atoms in total. The van der Waals surface area contributed by atoms with Crippen molar-refractivity contribution in [1.82, 2.24) is 14.9 Å². The van der Waals surface area contributed by atoms with Crippen LogP contribution in [0.3, 0.4) is 0 Å². The third-order valence-electron chi connectivity index (χ3n) is 5.09. The molecule has 1 aromatic heterocycles. The number of aliphatic hydroxyl groups is 1. The zero-order chi connectivity index (χ0) is 19.7. The van der Waals surface area contributed by atoms with Gasteiger partial charge >= 0.3 is 0 Å². The summed E-state index contributed by atoms with van der Waals surface area (Å²) < 4.78 is 0. The maximum atomic E-state index is 13.1. The van der Waals surface area contributed by atoms with E-state index in [-0.39, 0.29) is 30.1 Å². The highest BCUT2D eigenvalue weighted by Crippen LogP contribution is 2.27. The lowest BCUT2D eigenvalue weighted by Crippen LogP contribution is -2.37. The van der Waals surface area contributed by atoms with Gasteiger partial charge in [-0.1, -0.05) is 29.8 Å². The second-order valence-corrected chi connectivity index (χ2v) is 7.44. The zero-order valence-electron chi connectivity index (χ0n) is 15.2. The van der Waals surface area contributed by atoms with Crippen molar-refractivity contribution in [2.75, 3.05) is 6.54 Å². The van der Waals surface area contributed by atoms with Crippen LogP contribution in [0.25, 0.3) is 11.0 Å². The molecule has 2 heterocycles. The average Bonchev–Trinajstić information content (AvgIpc) is 3.14. The molecule has 2 N–H and O–H groups in total. The molecule has 2 aromatic carbocycles. The second kappa shape index (κ2) is 7.73. The molecule has 3 aromatic rings. The monoisotopic (exact) mass is 397 g/mol. The van der Waals surface area contributed by atoms with Gasteiger partial charge < -0.3 is 15.1 Å². The van der Waals surface area contributed by atoms with Crippen molar-refractivity contribution < 1.29 is 15.0 Å². The molecule has 1 fully saturated rings. The van der Waals surface area contributed by atoms with Gasteiger partial charge in [-0.3, -0.25) is 4.79 Å². The molecule has 28 heavy (non-hydrogen) atoms. The molecule has 0 saturated carbocycles. The van der Waals surface area contributed by atoms with Crippen LogP contribution in [0.5, 0.6) is 5.88 Å². The Bertz CT molecular complexity index is 1040. The summed E-state index contributed by atoms with van der Waals surface area (Å²) in [5.41, 5.74) is 2.65. The average molecular weight is 398 g/mol. The number of nitrogens with zero attached hydrogens (tertiary/aromatic N) is 3. The molecule has 144 valence electrons. The summed E-state index contributed by atoms with van der Waals surface area (Å²) in [5, 5.41) is 20.2. The summed E-state index contributed by atoms with van der Waals surface area (Å²) in [6, 6.07) is 12.7. The van der Waals surface area contributed by atoms with E-state index >= 15 is 0 Å². The van der Waals surface area contributed by atoms with Crippen molar-refractivity contribution >= 4 is 28.5 Å². The zero-order valence-corrected chi connectivity index (χ0v) is 15.9. The van der Waals surface area contributed by atoms with Crippen LogP contribution in [0.1, 0.15) is 34.5 Å². The van der Waals surface area contributed by atoms with Crippen LogP contribution in [-0.2, 0) is 13.0 Å². The molecular formula is C21H20ClN3O3. The molecule has 1 aliphatic rings. The fourth-order valence-electron chi connectivity index (χ4n) is 3.72. The van der Waals surface area contributed by atoms with Crippen LogP contribution in [0.2, 0.25) is 5.02 Å². The first-order valence-electron chi connectivity index (χ1n) is 9.21. The highest BCUT2D eigenvalue weighted by Gasteiger charge is 2.32. The smallest absolute Gasteiger partial charge is 0.278 e. The summed E-state index contributed by atoms with van der Waals surface area (Å²) in [5.74, 6) is -0.705. The number of carbonyl (C=O) groups is 1. The van der Waals surface area contributed by atoms with E-state index in [0.717, 1.165) is 18.4 Å². The Hall–Kier alpha value is -2.70. The summed E-state index contributed by atoms with van der Waals surface area (Å²) in [6.07, 6.45) is 2.49. The van der Waals surface area contributed by atoms with Gasteiger partial charge in [0, 0.05) is 17.6 Å². The van der Waals surface area contributed by atoms with Gasteiger partial charge in [0.1, 0.15) is 0 Å². The Balaban J connectivity index is 1.61. The molecule has 0 bridgehead atoms. The van der Waals surface area contributed by atoms with Crippen molar-refractivity contribution in [2.45, 2.75) is 31.9 Å². The van der Waals surface area contributed by atoms with Gasteiger partial charge in [-0.25, -0.2) is 9.97 Å². The number of hydrogen-bond acceptors (Lipinski definition) is 5. The van der Waals surface area contributed by atoms with Gasteiger partial charge in [-0.05, 0) is 54.7 Å². The number of benzene rings is 2. The van der Waals surface area contributed by atoms with Gasteiger partial charge in [-0.2, -0.15) is 0 Å². The highest BCUT2D eigenvalue weighted by atomic mass is 35.5. The molecule has 7 heteroatoms. The number of rotatable bonds is 4. The predicted molar refractivity (Wildman–Crippen MR) is 106 cm³/mol. The Labute approximate surface area is 167 Å². The first-order chi connectivity index (χ1) is 13.5. The standard InChI is InChI=1S/C21H20ClN3O3/c22-15-4-1-3-13(9-15)10-16-5-2-8-25(16)21(28)19-20(27)24-18-11-14(12-26)6-7-17(18)23-19/h1,3-4,6-7,9,11,16,26H,2,5,8,10,12H2,(H,24,27). The second-order valence-electron chi connectivity index (χ2n) is 7.01. The molecule has 0 spiro atoms. The van der Waals surface area contributed by atoms with Crippen LogP contribution in [0, 0.1) is 0 Å². The maximum Gasteiger partial charge on any atom is 0.278 e. The van der Waals surface area contributed by atoms with Crippen LogP contribution in [-0.4, -0.2) is 43.6 Å². The maximum absolute atomic E-state index is 13.1. The van der Waals surface area contributed by atoms with E-state index in [2.05, 4.69) is 9.97 Å². The van der Waals surface area contributed by atoms with Gasteiger partial charge in [0.05, 0.1) is 17.6 Å². The number of carbonyl (C=O) groups excluding carboxylic acids is 1. The van der Waals surface area contributed by atoms with E-state index in [9.17, 15) is 15.0 Å². The molecular weight excluding hydrogens is 378 g/mol. The third-order valence-corrected chi connectivity index (χ3v) is 5.33. The third kappa shape index (κ3) is 3.66. The van der Waals surface area contributed by atoms with Gasteiger partial charge in [-0.15, -0.1) is 0 Å². The van der Waals surface area contributed by atoms with Crippen molar-refractivity contribution in [3.63, 3.8) is 0 Å². The van der Waals surface area contributed by atoms with E-state index < -0.39 is 0 Å². The minimum atomic E-state index is -0.388. The van der Waals surface area contributed by atoms with Gasteiger partial charge in [0.15, 0.2) is 5.69 Å². The number of hydrogen-bond donors (Lipinski definition) is 2. The number of aromatic nitrogens is 2. The molecule has 1 aliphatic heterocycles. The number of fused-ring (bicyclic) bond motifs is 1. The minimum Gasteiger partial charge on any atom is -0.492 e. The normalized spacial score (nSPS) is 16.6. The molecule has 1 unspecified atom stereocenters. The molecule has 0 aliphatic carbocycles. The largest absolute Gasteiger partial charge is 0.492 e. The first-order valence-corrected chi connectivity index (χ1v) is 9.59. The number of aromatic hydroxyl groups is 1. The van der Waals surface area contributed by atoms with Crippen LogP contribution < -0.4 is 0 Å². The quantitative estimate of drug-likeness (QED) is 0.705. The van der Waals surface area contributed by atoms with Crippen LogP contribution in [0.4, 0.5) is 0 Å². The molecule has 4 rings (SSSR count). The molecule has 1 atom stereocenters. The lowest BCUT2D eigenvalue weighted by molar-refractivity contribution is 0.0726. The predicted octanol–water partition coefficient (Wildman–Crippen LogP) is 3.33. The lowest BCUT2D eigenvalue weighted by atomic mass is 10.0. The van der Waals surface area contributed by atoms with Crippen molar-refractivity contribution in [1.29, 1.82) is 0 Å². The van der Waals surface area contributed by atoms with E-state index in [1.165, 1.54) is 0 Å². The minimum absolute atomic E-state index is 0.0274. The SMILES string of the molecule is O=C(c1nc2ccc(CO)cc2nc1O)N1CCCC1Cc1cccc(Cl)c1. The van der Waals surface area contributed by atoms with E-state index in [1.807, 2.05) is 24.3 Å². The summed E-state index contributed by atoms with van der Waals surface area (Å²) >= 11 is 6.08. The Kier molecular flexibility index (Phi) is 5.15. The number of amides is 1.